The first-order valence-corrected chi connectivity index (χ1v) is 14.2. The second-order valence-electron chi connectivity index (χ2n) is 10.9. The van der Waals surface area contributed by atoms with E-state index in [0.29, 0.717) is 16.6 Å². The summed E-state index contributed by atoms with van der Waals surface area (Å²) in [4.78, 5) is 48.9. The number of nitrogens with zero attached hydrogens (tertiary/aromatic N) is 5. The van der Waals surface area contributed by atoms with Gasteiger partial charge < -0.3 is 5.32 Å². The molecule has 0 spiro atoms. The van der Waals surface area contributed by atoms with Crippen LogP contribution in [0.25, 0.3) is 10.9 Å². The Morgan fingerprint density at radius 3 is 2.77 bits per heavy atom. The van der Waals surface area contributed by atoms with E-state index in [-0.39, 0.29) is 30.1 Å². The van der Waals surface area contributed by atoms with Crippen molar-refractivity contribution in [3.8, 4) is 6.07 Å². The van der Waals surface area contributed by atoms with E-state index in [2.05, 4.69) is 20.5 Å². The van der Waals surface area contributed by atoms with Crippen molar-refractivity contribution in [2.24, 2.45) is 5.92 Å². The summed E-state index contributed by atoms with van der Waals surface area (Å²) in [6.07, 6.45) is 8.90. The van der Waals surface area contributed by atoms with Crippen LogP contribution in [0.5, 0.6) is 0 Å². The number of benzene rings is 1. The monoisotopic (exact) mass is 605 g/mol. The van der Waals surface area contributed by atoms with Gasteiger partial charge in [0.2, 0.25) is 11.8 Å². The molecule has 43 heavy (non-hydrogen) atoms. The number of anilines is 2. The number of carbonyl (C=O) groups is 3. The summed E-state index contributed by atoms with van der Waals surface area (Å²) >= 11 is 6.73. The van der Waals surface area contributed by atoms with Crippen LogP contribution in [0.15, 0.2) is 67.0 Å². The van der Waals surface area contributed by atoms with Crippen molar-refractivity contribution in [3.63, 3.8) is 0 Å². The van der Waals surface area contributed by atoms with Gasteiger partial charge in [-0.15, -0.1) is 11.6 Å². The van der Waals surface area contributed by atoms with E-state index in [9.17, 15) is 28.4 Å². The summed E-state index contributed by atoms with van der Waals surface area (Å²) in [5.41, 5.74) is 1.19. The zero-order valence-corrected chi connectivity index (χ0v) is 23.4. The van der Waals surface area contributed by atoms with Crippen molar-refractivity contribution in [2.45, 2.75) is 55.1 Å². The van der Waals surface area contributed by atoms with Gasteiger partial charge >= 0.3 is 0 Å². The molecule has 3 amide bonds. The molecule has 1 aromatic carbocycles. The van der Waals surface area contributed by atoms with Gasteiger partial charge in [0.25, 0.3) is 11.8 Å². The summed E-state index contributed by atoms with van der Waals surface area (Å²) in [7, 11) is 0. The molecule has 3 aromatic rings. The highest BCUT2D eigenvalue weighted by Gasteiger charge is 2.50. The molecule has 1 saturated carbocycles. The number of aromatic nitrogens is 3. The Labute approximate surface area is 250 Å². The number of nitrogens with one attached hydrogen (secondary N) is 2. The number of amides is 3. The van der Waals surface area contributed by atoms with Gasteiger partial charge in [0.1, 0.15) is 17.9 Å². The standard InChI is InChI=1S/C30H26ClF2N7O3/c31-21-5-2-1-4-19(21)27(28(42)37-18-13-30(32,33)14-18)40(23-7-3-6-22-20(23)16-36-38-22)29(43)24-8-9-26(41)39(24)25-12-17(15-34)10-11-35-25/h1-7,10-12,16,18-19,21,24,27H,8-9,13-14H2,(H,36,38)(H,37,42)/t19?,21?,24-,27?/m0/s1. The first-order valence-electron chi connectivity index (χ1n) is 13.8. The third kappa shape index (κ3) is 5.36. The number of carbonyl (C=O) groups excluding carboxylic acids is 3. The van der Waals surface area contributed by atoms with Crippen LogP contribution in [0.2, 0.25) is 0 Å². The number of aromatic amines is 1. The predicted molar refractivity (Wildman–Crippen MR) is 154 cm³/mol. The van der Waals surface area contributed by atoms with Crippen LogP contribution in [0.1, 0.15) is 31.2 Å². The third-order valence-corrected chi connectivity index (χ3v) is 8.47. The van der Waals surface area contributed by atoms with E-state index in [1.54, 1.807) is 42.5 Å². The highest BCUT2D eigenvalue weighted by molar-refractivity contribution is 6.23. The Hall–Kier alpha value is -4.63. The molecule has 3 heterocycles. The van der Waals surface area contributed by atoms with Gasteiger partial charge in [0.15, 0.2) is 0 Å². The van der Waals surface area contributed by atoms with Gasteiger partial charge in [-0.05, 0) is 30.7 Å². The quantitative estimate of drug-likeness (QED) is 0.391. The normalized spacial score (nSPS) is 23.5. The van der Waals surface area contributed by atoms with Crippen molar-refractivity contribution < 1.29 is 23.2 Å². The molecule has 2 N–H and O–H groups in total. The minimum absolute atomic E-state index is 0.0385. The Morgan fingerprint density at radius 2 is 2.02 bits per heavy atom. The molecule has 0 bridgehead atoms. The fourth-order valence-corrected chi connectivity index (χ4v) is 6.25. The summed E-state index contributed by atoms with van der Waals surface area (Å²) in [5, 5.41) is 18.9. The average Bonchev–Trinajstić information content (AvgIpc) is 3.62. The molecule has 4 atom stereocenters. The van der Waals surface area contributed by atoms with Crippen molar-refractivity contribution >= 4 is 51.7 Å². The highest BCUT2D eigenvalue weighted by atomic mass is 35.5. The molecule has 2 fully saturated rings. The molecule has 1 aliphatic heterocycles. The van der Waals surface area contributed by atoms with Gasteiger partial charge in [0.05, 0.1) is 34.4 Å². The summed E-state index contributed by atoms with van der Waals surface area (Å²) in [5.74, 6) is -5.08. The number of alkyl halides is 3. The molecule has 10 nitrogen and oxygen atoms in total. The largest absolute Gasteiger partial charge is 0.351 e. The van der Waals surface area contributed by atoms with Crippen LogP contribution in [-0.2, 0) is 14.4 Å². The number of allylic oxidation sites excluding steroid dienone is 3. The first kappa shape index (κ1) is 28.5. The number of pyridine rings is 1. The number of hydrogen-bond donors (Lipinski definition) is 2. The van der Waals surface area contributed by atoms with Crippen molar-refractivity contribution in [1.29, 1.82) is 5.26 Å². The lowest BCUT2D eigenvalue weighted by Gasteiger charge is -2.41. The van der Waals surface area contributed by atoms with Crippen LogP contribution in [0.3, 0.4) is 0 Å². The molecule has 3 unspecified atom stereocenters. The van der Waals surface area contributed by atoms with Gasteiger partial charge in [-0.1, -0.05) is 30.4 Å². The molecule has 13 heteroatoms. The molecular weight excluding hydrogens is 580 g/mol. The van der Waals surface area contributed by atoms with E-state index >= 15 is 0 Å². The second kappa shape index (κ2) is 11.2. The number of hydrogen-bond acceptors (Lipinski definition) is 6. The minimum Gasteiger partial charge on any atom is -0.351 e. The van der Waals surface area contributed by atoms with Crippen molar-refractivity contribution in [1.82, 2.24) is 20.5 Å². The molecule has 3 aliphatic rings. The third-order valence-electron chi connectivity index (χ3n) is 8.03. The first-order chi connectivity index (χ1) is 20.7. The smallest absolute Gasteiger partial charge is 0.252 e. The van der Waals surface area contributed by atoms with Gasteiger partial charge in [0, 0.05) is 42.8 Å². The van der Waals surface area contributed by atoms with Crippen LogP contribution >= 0.6 is 11.6 Å². The summed E-state index contributed by atoms with van der Waals surface area (Å²) < 4.78 is 27.4. The molecule has 2 aliphatic carbocycles. The van der Waals surface area contributed by atoms with Crippen LogP contribution in [0, 0.1) is 17.2 Å². The molecule has 2 aromatic heterocycles. The van der Waals surface area contributed by atoms with Crippen LogP contribution < -0.4 is 15.1 Å². The summed E-state index contributed by atoms with van der Waals surface area (Å²) in [6, 6.07) is 6.92. The van der Waals surface area contributed by atoms with E-state index < -0.39 is 60.0 Å². The number of rotatable bonds is 7. The number of fused-ring (bicyclic) bond motifs is 1. The molecule has 220 valence electrons. The fraction of sp³-hybridized carbons (Fsp3) is 0.333. The maximum absolute atomic E-state index is 14.8. The molecule has 0 radical (unpaired) electrons. The maximum atomic E-state index is 14.8. The van der Waals surface area contributed by atoms with E-state index in [4.69, 9.17) is 11.6 Å². The average molecular weight is 606 g/mol. The Balaban J connectivity index is 1.47. The fourth-order valence-electron chi connectivity index (χ4n) is 5.94. The van der Waals surface area contributed by atoms with Gasteiger partial charge in [-0.3, -0.25) is 29.3 Å². The highest BCUT2D eigenvalue weighted by Crippen LogP contribution is 2.39. The topological polar surface area (TPSA) is 135 Å². The van der Waals surface area contributed by atoms with E-state index in [0.717, 1.165) is 0 Å². The Morgan fingerprint density at radius 1 is 1.23 bits per heavy atom. The zero-order chi connectivity index (χ0) is 30.3. The predicted octanol–water partition coefficient (Wildman–Crippen LogP) is 3.99. The van der Waals surface area contributed by atoms with Crippen molar-refractivity contribution in [2.75, 3.05) is 9.80 Å². The molecule has 6 rings (SSSR count). The zero-order valence-electron chi connectivity index (χ0n) is 22.7. The number of halogens is 3. The molecule has 1 saturated heterocycles. The van der Waals surface area contributed by atoms with Gasteiger partial charge in [-0.25, -0.2) is 13.8 Å². The van der Waals surface area contributed by atoms with Crippen LogP contribution in [0.4, 0.5) is 20.3 Å². The Bertz CT molecular complexity index is 1690. The number of H-pyrrole nitrogens is 1. The lowest BCUT2D eigenvalue weighted by Crippen LogP contribution is -2.62. The minimum atomic E-state index is -2.87. The maximum Gasteiger partial charge on any atom is 0.252 e. The van der Waals surface area contributed by atoms with E-state index in [1.807, 2.05) is 6.07 Å². The van der Waals surface area contributed by atoms with Crippen molar-refractivity contribution in [3.05, 3.63) is 72.6 Å². The second-order valence-corrected chi connectivity index (χ2v) is 11.4. The lowest BCUT2D eigenvalue weighted by molar-refractivity contribution is -0.133. The molecular formula is C30H26ClF2N7O3. The Kier molecular flexibility index (Phi) is 7.43. The van der Waals surface area contributed by atoms with E-state index in [1.165, 1.54) is 34.3 Å². The lowest BCUT2D eigenvalue weighted by atomic mass is 9.85. The summed E-state index contributed by atoms with van der Waals surface area (Å²) in [6.45, 7) is 0. The SMILES string of the molecule is N#Cc1ccnc(N2C(=O)CC[C@H]2C(=O)N(c2cccc3[nH]ncc23)C(C(=O)NC2CC(F)(F)C2)C2C=CC=CC2Cl)c1. The van der Waals surface area contributed by atoms with Gasteiger partial charge in [-0.2, -0.15) is 10.4 Å². The number of nitriles is 1. The van der Waals surface area contributed by atoms with Crippen LogP contribution in [-0.4, -0.2) is 62.3 Å².